The molecule has 28 heavy (non-hydrogen) atoms. The molecule has 154 valence electrons. The van der Waals surface area contributed by atoms with Crippen molar-refractivity contribution in [2.45, 2.75) is 45.6 Å². The fraction of sp³-hybridized carbons (Fsp3) is 0.476. The van der Waals surface area contributed by atoms with Crippen LogP contribution in [0.5, 0.6) is 0 Å². The standard InChI is InChI=1S/C21H30N2O5/c1-4-7-8-15-22-17-12-9-16(10-13-17)11-14-18(24)23-19(20(25)27-5-2)21(26)28-6-3/h4,9-10,12-13,19,22H,1,5-8,11,14-15H2,2-3H3,(H,23,24). The molecule has 0 aliphatic carbocycles. The van der Waals surface area contributed by atoms with Gasteiger partial charge in [0.25, 0.3) is 0 Å². The SMILES string of the molecule is C=CCCCNc1ccc(CCC(=O)NC(C(=O)OCC)C(=O)OCC)cc1. The molecule has 1 aromatic rings. The van der Waals surface area contributed by atoms with Crippen LogP contribution in [0.25, 0.3) is 0 Å². The van der Waals surface area contributed by atoms with Crippen LogP contribution in [0.3, 0.4) is 0 Å². The van der Waals surface area contributed by atoms with Crippen LogP contribution in [-0.2, 0) is 30.3 Å². The molecule has 0 aliphatic rings. The van der Waals surface area contributed by atoms with Crippen LogP contribution in [0.2, 0.25) is 0 Å². The fourth-order valence-corrected chi connectivity index (χ4v) is 2.42. The Morgan fingerprint density at radius 3 is 2.21 bits per heavy atom. The molecule has 0 radical (unpaired) electrons. The van der Waals surface area contributed by atoms with E-state index < -0.39 is 23.9 Å². The summed E-state index contributed by atoms with van der Waals surface area (Å²) < 4.78 is 9.66. The number of carbonyl (C=O) groups excluding carboxylic acids is 3. The normalized spacial score (nSPS) is 10.2. The van der Waals surface area contributed by atoms with Gasteiger partial charge in [0.1, 0.15) is 0 Å². The summed E-state index contributed by atoms with van der Waals surface area (Å²) in [6.45, 7) is 8.04. The van der Waals surface area contributed by atoms with Gasteiger partial charge in [0.2, 0.25) is 11.9 Å². The first-order valence-electron chi connectivity index (χ1n) is 9.58. The lowest BCUT2D eigenvalue weighted by Gasteiger charge is -2.16. The molecule has 0 saturated heterocycles. The maximum atomic E-state index is 12.2. The van der Waals surface area contributed by atoms with Crippen molar-refractivity contribution in [3.63, 3.8) is 0 Å². The number of rotatable bonds is 13. The summed E-state index contributed by atoms with van der Waals surface area (Å²) in [5.74, 6) is -2.06. The molecule has 0 saturated carbocycles. The minimum Gasteiger partial charge on any atom is -0.464 e. The van der Waals surface area contributed by atoms with E-state index in [0.717, 1.165) is 30.6 Å². The van der Waals surface area contributed by atoms with Gasteiger partial charge in [-0.15, -0.1) is 6.58 Å². The number of esters is 2. The summed E-state index contributed by atoms with van der Waals surface area (Å²) in [5, 5.41) is 5.72. The Morgan fingerprint density at radius 2 is 1.68 bits per heavy atom. The first-order valence-corrected chi connectivity index (χ1v) is 9.58. The van der Waals surface area contributed by atoms with E-state index in [9.17, 15) is 14.4 Å². The summed E-state index contributed by atoms with van der Waals surface area (Å²) in [5.41, 5.74) is 2.00. The van der Waals surface area contributed by atoms with E-state index in [0.29, 0.717) is 6.42 Å². The number of benzene rings is 1. The number of allylic oxidation sites excluding steroid dienone is 1. The van der Waals surface area contributed by atoms with Crippen molar-refractivity contribution >= 4 is 23.5 Å². The number of hydrogen-bond donors (Lipinski definition) is 2. The van der Waals surface area contributed by atoms with Crippen molar-refractivity contribution in [3.05, 3.63) is 42.5 Å². The van der Waals surface area contributed by atoms with Crippen LogP contribution in [0, 0.1) is 0 Å². The van der Waals surface area contributed by atoms with E-state index in [1.807, 2.05) is 30.3 Å². The van der Waals surface area contributed by atoms with Gasteiger partial charge in [0.05, 0.1) is 13.2 Å². The van der Waals surface area contributed by atoms with Crippen LogP contribution in [0.15, 0.2) is 36.9 Å². The van der Waals surface area contributed by atoms with Gasteiger partial charge in [-0.1, -0.05) is 18.2 Å². The van der Waals surface area contributed by atoms with Gasteiger partial charge in [-0.25, -0.2) is 9.59 Å². The quantitative estimate of drug-likeness (QED) is 0.233. The average Bonchev–Trinajstić information content (AvgIpc) is 2.69. The zero-order valence-corrected chi connectivity index (χ0v) is 16.7. The van der Waals surface area contributed by atoms with Crippen molar-refractivity contribution < 1.29 is 23.9 Å². The number of nitrogens with one attached hydrogen (secondary N) is 2. The Morgan fingerprint density at radius 1 is 1.07 bits per heavy atom. The van der Waals surface area contributed by atoms with Crippen molar-refractivity contribution in [2.75, 3.05) is 25.1 Å². The Hall–Kier alpha value is -2.83. The van der Waals surface area contributed by atoms with Crippen LogP contribution >= 0.6 is 0 Å². The Labute approximate surface area is 166 Å². The van der Waals surface area contributed by atoms with Gasteiger partial charge in [-0.05, 0) is 50.8 Å². The number of anilines is 1. The molecule has 1 rings (SSSR count). The number of aryl methyl sites for hydroxylation is 1. The molecule has 0 aliphatic heterocycles. The summed E-state index contributed by atoms with van der Waals surface area (Å²) >= 11 is 0. The Bertz CT molecular complexity index is 625. The molecule has 0 bridgehead atoms. The highest BCUT2D eigenvalue weighted by Crippen LogP contribution is 2.11. The van der Waals surface area contributed by atoms with Crippen LogP contribution < -0.4 is 10.6 Å². The van der Waals surface area contributed by atoms with Gasteiger partial charge >= 0.3 is 11.9 Å². The minimum absolute atomic E-state index is 0.110. The lowest BCUT2D eigenvalue weighted by molar-refractivity contribution is -0.159. The lowest BCUT2D eigenvalue weighted by Crippen LogP contribution is -2.48. The molecule has 0 aromatic heterocycles. The van der Waals surface area contributed by atoms with Gasteiger partial charge < -0.3 is 20.1 Å². The largest absolute Gasteiger partial charge is 0.464 e. The minimum atomic E-state index is -1.44. The molecule has 1 amide bonds. The average molecular weight is 390 g/mol. The van der Waals surface area contributed by atoms with Crippen molar-refractivity contribution in [3.8, 4) is 0 Å². The predicted molar refractivity (Wildman–Crippen MR) is 108 cm³/mol. The van der Waals surface area contributed by atoms with E-state index in [2.05, 4.69) is 17.2 Å². The van der Waals surface area contributed by atoms with Crippen LogP contribution in [-0.4, -0.2) is 43.6 Å². The molecule has 0 heterocycles. The highest BCUT2D eigenvalue weighted by atomic mass is 16.6. The second-order valence-corrected chi connectivity index (χ2v) is 6.06. The zero-order chi connectivity index (χ0) is 20.8. The summed E-state index contributed by atoms with van der Waals surface area (Å²) in [7, 11) is 0. The highest BCUT2D eigenvalue weighted by Gasteiger charge is 2.30. The lowest BCUT2D eigenvalue weighted by atomic mass is 10.1. The molecule has 0 spiro atoms. The second-order valence-electron chi connectivity index (χ2n) is 6.06. The van der Waals surface area contributed by atoms with E-state index in [-0.39, 0.29) is 19.6 Å². The Balaban J connectivity index is 2.51. The first kappa shape index (κ1) is 23.2. The number of hydrogen-bond acceptors (Lipinski definition) is 6. The third kappa shape index (κ3) is 8.70. The number of unbranched alkanes of at least 4 members (excludes halogenated alkanes) is 1. The van der Waals surface area contributed by atoms with Gasteiger partial charge in [0.15, 0.2) is 0 Å². The van der Waals surface area contributed by atoms with Gasteiger partial charge in [-0.2, -0.15) is 0 Å². The first-order chi connectivity index (χ1) is 13.5. The Kier molecular flexibility index (Phi) is 11.1. The second kappa shape index (κ2) is 13.4. The summed E-state index contributed by atoms with van der Waals surface area (Å²) in [6, 6.07) is 6.37. The van der Waals surface area contributed by atoms with Crippen LogP contribution in [0.1, 0.15) is 38.7 Å². The maximum absolute atomic E-state index is 12.2. The maximum Gasteiger partial charge on any atom is 0.340 e. The topological polar surface area (TPSA) is 93.7 Å². The zero-order valence-electron chi connectivity index (χ0n) is 16.7. The third-order valence-corrected chi connectivity index (χ3v) is 3.86. The monoisotopic (exact) mass is 390 g/mol. The molecule has 0 fully saturated rings. The molecule has 1 aromatic carbocycles. The predicted octanol–water partition coefficient (Wildman–Crippen LogP) is 2.61. The van der Waals surface area contributed by atoms with E-state index in [4.69, 9.17) is 9.47 Å². The molecule has 2 N–H and O–H groups in total. The number of carbonyl (C=O) groups is 3. The van der Waals surface area contributed by atoms with Crippen molar-refractivity contribution in [1.82, 2.24) is 5.32 Å². The number of amides is 1. The molecule has 0 unspecified atom stereocenters. The van der Waals surface area contributed by atoms with E-state index >= 15 is 0 Å². The molecule has 7 nitrogen and oxygen atoms in total. The summed E-state index contributed by atoms with van der Waals surface area (Å²) in [4.78, 5) is 35.9. The number of ether oxygens (including phenoxy) is 2. The van der Waals surface area contributed by atoms with Gasteiger partial charge in [0, 0.05) is 18.7 Å². The molecule has 0 atom stereocenters. The molecular formula is C21H30N2O5. The van der Waals surface area contributed by atoms with E-state index in [1.165, 1.54) is 0 Å². The highest BCUT2D eigenvalue weighted by molar-refractivity contribution is 6.02. The third-order valence-electron chi connectivity index (χ3n) is 3.86. The van der Waals surface area contributed by atoms with E-state index in [1.54, 1.807) is 13.8 Å². The van der Waals surface area contributed by atoms with Crippen molar-refractivity contribution in [2.24, 2.45) is 0 Å². The smallest absolute Gasteiger partial charge is 0.340 e. The van der Waals surface area contributed by atoms with Crippen molar-refractivity contribution in [1.29, 1.82) is 0 Å². The van der Waals surface area contributed by atoms with Gasteiger partial charge in [-0.3, -0.25) is 4.79 Å². The molecule has 7 heteroatoms. The summed E-state index contributed by atoms with van der Waals surface area (Å²) in [6.07, 6.45) is 4.51. The van der Waals surface area contributed by atoms with Crippen LogP contribution in [0.4, 0.5) is 5.69 Å². The molecular weight excluding hydrogens is 360 g/mol. The fourth-order valence-electron chi connectivity index (χ4n) is 2.42.